The van der Waals surface area contributed by atoms with Gasteiger partial charge in [0.1, 0.15) is 6.54 Å². The fourth-order valence-corrected chi connectivity index (χ4v) is 2.26. The molecule has 0 aliphatic carbocycles. The highest BCUT2D eigenvalue weighted by atomic mass is 127. The van der Waals surface area contributed by atoms with E-state index in [0.29, 0.717) is 6.54 Å². The lowest BCUT2D eigenvalue weighted by Gasteiger charge is -2.07. The van der Waals surface area contributed by atoms with Crippen LogP contribution < -0.4 is 16.4 Å². The number of carbonyl (C=O) groups excluding carboxylic acids is 1. The molecule has 0 aliphatic heterocycles. The summed E-state index contributed by atoms with van der Waals surface area (Å²) in [6.07, 6.45) is 1.78. The summed E-state index contributed by atoms with van der Waals surface area (Å²) in [6.45, 7) is 2.76. The van der Waals surface area contributed by atoms with Crippen molar-refractivity contribution < 1.29 is 4.79 Å². The van der Waals surface area contributed by atoms with Crippen molar-refractivity contribution in [3.8, 4) is 0 Å². The van der Waals surface area contributed by atoms with Gasteiger partial charge in [0.25, 0.3) is 0 Å². The van der Waals surface area contributed by atoms with E-state index in [-0.39, 0.29) is 42.4 Å². The van der Waals surface area contributed by atoms with Crippen molar-refractivity contribution in [2.45, 2.75) is 19.8 Å². The maximum Gasteiger partial charge on any atom is 0.246 e. The normalized spacial score (nSPS) is 10.7. The largest absolute Gasteiger partial charge is 0.370 e. The van der Waals surface area contributed by atoms with Gasteiger partial charge in [0.05, 0.1) is 0 Å². The highest BCUT2D eigenvalue weighted by Gasteiger charge is 2.02. The van der Waals surface area contributed by atoms with Crippen LogP contribution in [0.3, 0.4) is 0 Å². The standard InChI is InChI=1S/C19H24N4O.HI/c1-2-15-9-6-10-17(13-15)23-18(24)14-22-19(20)21-12-11-16-7-4-3-5-8-16;/h3-10,13H,2,11-12,14H2,1H3,(H,23,24)(H3,20,21,22);1H. The van der Waals surface area contributed by atoms with Crippen LogP contribution in [0.2, 0.25) is 0 Å². The van der Waals surface area contributed by atoms with E-state index < -0.39 is 0 Å². The summed E-state index contributed by atoms with van der Waals surface area (Å²) in [5.74, 6) is 0.0967. The Labute approximate surface area is 166 Å². The minimum absolute atomic E-state index is 0. The molecule has 0 spiro atoms. The average Bonchev–Trinajstić information content (AvgIpc) is 2.61. The van der Waals surface area contributed by atoms with Gasteiger partial charge in [0.2, 0.25) is 5.91 Å². The molecule has 2 rings (SSSR count). The Morgan fingerprint density at radius 1 is 1.08 bits per heavy atom. The van der Waals surface area contributed by atoms with Gasteiger partial charge < -0.3 is 16.4 Å². The van der Waals surface area contributed by atoms with Gasteiger partial charge in [-0.2, -0.15) is 0 Å². The molecule has 25 heavy (non-hydrogen) atoms. The van der Waals surface area contributed by atoms with Gasteiger partial charge in [-0.25, -0.2) is 4.99 Å². The maximum atomic E-state index is 11.9. The number of guanidine groups is 1. The topological polar surface area (TPSA) is 79.5 Å². The second kappa shape index (κ2) is 11.5. The number of aryl methyl sites for hydroxylation is 1. The highest BCUT2D eigenvalue weighted by molar-refractivity contribution is 14.0. The zero-order chi connectivity index (χ0) is 17.2. The molecule has 0 aliphatic rings. The lowest BCUT2D eigenvalue weighted by molar-refractivity contribution is -0.114. The molecule has 2 aromatic rings. The molecule has 0 heterocycles. The van der Waals surface area contributed by atoms with Crippen molar-refractivity contribution >= 4 is 41.5 Å². The lowest BCUT2D eigenvalue weighted by Crippen LogP contribution is -2.34. The van der Waals surface area contributed by atoms with Crippen molar-refractivity contribution in [2.75, 3.05) is 18.4 Å². The lowest BCUT2D eigenvalue weighted by atomic mass is 10.1. The van der Waals surface area contributed by atoms with Gasteiger partial charge >= 0.3 is 0 Å². The number of amides is 1. The molecule has 5 nitrogen and oxygen atoms in total. The fraction of sp³-hybridized carbons (Fsp3) is 0.263. The molecule has 0 aromatic heterocycles. The molecule has 0 bridgehead atoms. The number of benzene rings is 2. The molecular formula is C19H25IN4O. The Morgan fingerprint density at radius 3 is 2.52 bits per heavy atom. The van der Waals surface area contributed by atoms with E-state index in [1.807, 2.05) is 42.5 Å². The molecule has 0 saturated heterocycles. The van der Waals surface area contributed by atoms with Crippen LogP contribution in [0.1, 0.15) is 18.1 Å². The summed E-state index contributed by atoms with van der Waals surface area (Å²) >= 11 is 0. The van der Waals surface area contributed by atoms with Gasteiger partial charge in [-0.05, 0) is 36.1 Å². The van der Waals surface area contributed by atoms with E-state index in [4.69, 9.17) is 5.73 Å². The summed E-state index contributed by atoms with van der Waals surface area (Å²) < 4.78 is 0. The Bertz CT molecular complexity index is 689. The van der Waals surface area contributed by atoms with Crippen molar-refractivity contribution in [1.82, 2.24) is 5.32 Å². The average molecular weight is 452 g/mol. The second-order valence-corrected chi connectivity index (χ2v) is 5.47. The molecule has 0 atom stereocenters. The summed E-state index contributed by atoms with van der Waals surface area (Å²) in [5, 5.41) is 5.84. The van der Waals surface area contributed by atoms with Crippen LogP contribution in [0, 0.1) is 0 Å². The van der Waals surface area contributed by atoms with Crippen LogP contribution in [0.4, 0.5) is 5.69 Å². The first-order valence-corrected chi connectivity index (χ1v) is 8.14. The van der Waals surface area contributed by atoms with Crippen LogP contribution in [-0.4, -0.2) is 25.0 Å². The number of hydrogen-bond acceptors (Lipinski definition) is 2. The Morgan fingerprint density at radius 2 is 1.80 bits per heavy atom. The van der Waals surface area contributed by atoms with E-state index in [1.165, 1.54) is 11.1 Å². The third-order valence-electron chi connectivity index (χ3n) is 3.57. The van der Waals surface area contributed by atoms with Gasteiger partial charge in [0, 0.05) is 12.2 Å². The Kier molecular flexibility index (Phi) is 9.61. The van der Waals surface area contributed by atoms with Crippen LogP contribution in [-0.2, 0) is 17.6 Å². The van der Waals surface area contributed by atoms with Crippen LogP contribution >= 0.6 is 24.0 Å². The molecule has 4 N–H and O–H groups in total. The van der Waals surface area contributed by atoms with Crippen LogP contribution in [0.15, 0.2) is 59.6 Å². The Hall–Kier alpha value is -2.09. The number of anilines is 1. The molecule has 1 amide bonds. The molecule has 6 heteroatoms. The quantitative estimate of drug-likeness (QED) is 0.344. The number of halogens is 1. The van der Waals surface area contributed by atoms with Crippen LogP contribution in [0.5, 0.6) is 0 Å². The number of nitrogens with zero attached hydrogens (tertiary/aromatic N) is 1. The van der Waals surface area contributed by atoms with E-state index in [2.05, 4.69) is 34.7 Å². The molecule has 134 valence electrons. The highest BCUT2D eigenvalue weighted by Crippen LogP contribution is 2.10. The van der Waals surface area contributed by atoms with E-state index in [1.54, 1.807) is 0 Å². The second-order valence-electron chi connectivity index (χ2n) is 5.47. The first-order chi connectivity index (χ1) is 11.7. The molecule has 0 unspecified atom stereocenters. The first-order valence-electron chi connectivity index (χ1n) is 8.14. The van der Waals surface area contributed by atoms with E-state index >= 15 is 0 Å². The predicted octanol–water partition coefficient (Wildman–Crippen LogP) is 2.95. The predicted molar refractivity (Wildman–Crippen MR) is 115 cm³/mol. The summed E-state index contributed by atoms with van der Waals surface area (Å²) in [7, 11) is 0. The number of aliphatic imine (C=N–C) groups is 1. The summed E-state index contributed by atoms with van der Waals surface area (Å²) in [5.41, 5.74) is 8.97. The monoisotopic (exact) mass is 452 g/mol. The SMILES string of the molecule is CCc1cccc(NC(=O)CN=C(N)NCCc2ccccc2)c1.I. The fourth-order valence-electron chi connectivity index (χ4n) is 2.26. The van der Waals surface area contributed by atoms with Crippen molar-refractivity contribution in [1.29, 1.82) is 0 Å². The van der Waals surface area contributed by atoms with Gasteiger partial charge in [-0.3, -0.25) is 4.79 Å². The maximum absolute atomic E-state index is 11.9. The zero-order valence-corrected chi connectivity index (χ0v) is 16.7. The van der Waals surface area contributed by atoms with Gasteiger partial charge in [-0.1, -0.05) is 49.4 Å². The van der Waals surface area contributed by atoms with Crippen molar-refractivity contribution in [3.63, 3.8) is 0 Å². The number of rotatable bonds is 7. The molecular weight excluding hydrogens is 427 g/mol. The molecule has 0 fully saturated rings. The van der Waals surface area contributed by atoms with Crippen molar-refractivity contribution in [3.05, 3.63) is 65.7 Å². The molecule has 0 saturated carbocycles. The first kappa shape index (κ1) is 21.0. The third-order valence-corrected chi connectivity index (χ3v) is 3.57. The Balaban J connectivity index is 0.00000312. The smallest absolute Gasteiger partial charge is 0.246 e. The van der Waals surface area contributed by atoms with Gasteiger partial charge in [-0.15, -0.1) is 24.0 Å². The number of nitrogens with two attached hydrogens (primary N) is 1. The minimum atomic E-state index is -0.184. The number of hydrogen-bond donors (Lipinski definition) is 3. The zero-order valence-electron chi connectivity index (χ0n) is 14.4. The minimum Gasteiger partial charge on any atom is -0.370 e. The van der Waals surface area contributed by atoms with Crippen molar-refractivity contribution in [2.24, 2.45) is 10.7 Å². The third kappa shape index (κ3) is 8.02. The van der Waals surface area contributed by atoms with Crippen LogP contribution in [0.25, 0.3) is 0 Å². The van der Waals surface area contributed by atoms with E-state index in [9.17, 15) is 4.79 Å². The summed E-state index contributed by atoms with van der Waals surface area (Å²) in [4.78, 5) is 16.0. The number of carbonyl (C=O) groups is 1. The molecule has 0 radical (unpaired) electrons. The van der Waals surface area contributed by atoms with Gasteiger partial charge in [0.15, 0.2) is 5.96 Å². The number of nitrogens with one attached hydrogen (secondary N) is 2. The summed E-state index contributed by atoms with van der Waals surface area (Å²) in [6, 6.07) is 17.9. The molecule has 2 aromatic carbocycles. The van der Waals surface area contributed by atoms with E-state index in [0.717, 1.165) is 18.5 Å².